The molecule has 0 amide bonds. The average molecular weight is 370 g/mol. The summed E-state index contributed by atoms with van der Waals surface area (Å²) in [5.74, 6) is 2.22. The van der Waals surface area contributed by atoms with Crippen LogP contribution in [-0.4, -0.2) is 62.6 Å². The lowest BCUT2D eigenvalue weighted by molar-refractivity contribution is 0.122. The fourth-order valence-corrected chi connectivity index (χ4v) is 3.17. The number of rotatable bonds is 4. The summed E-state index contributed by atoms with van der Waals surface area (Å²) in [6, 6.07) is 8.42. The number of aromatic nitrogens is 2. The molecule has 0 saturated carbocycles. The molecule has 2 aliphatic rings. The molecule has 2 fully saturated rings. The molecule has 7 heteroatoms. The normalized spacial score (nSPS) is 18.3. The molecule has 2 aliphatic heterocycles. The lowest BCUT2D eigenvalue weighted by Gasteiger charge is -2.31. The Morgan fingerprint density at radius 1 is 0.778 bits per heavy atom. The number of benzene rings is 1. The Hall–Kier alpha value is -2.51. The summed E-state index contributed by atoms with van der Waals surface area (Å²) in [7, 11) is 0. The summed E-state index contributed by atoms with van der Waals surface area (Å²) in [6.07, 6.45) is 3.78. The van der Waals surface area contributed by atoms with Crippen molar-refractivity contribution in [3.63, 3.8) is 0 Å². The van der Waals surface area contributed by atoms with Crippen LogP contribution in [0.25, 0.3) is 12.2 Å². The Kier molecular flexibility index (Phi) is 5.60. The first-order chi connectivity index (χ1) is 13.3. The van der Waals surface area contributed by atoms with Gasteiger partial charge in [0.05, 0.1) is 26.4 Å². The summed E-state index contributed by atoms with van der Waals surface area (Å²) in [6.45, 7) is 6.10. The summed E-state index contributed by atoms with van der Waals surface area (Å²) >= 11 is 0. The number of halogens is 1. The molecular formula is C20H23FN4O2. The van der Waals surface area contributed by atoms with Gasteiger partial charge in [0.25, 0.3) is 0 Å². The van der Waals surface area contributed by atoms with E-state index in [0.29, 0.717) is 32.3 Å². The maximum atomic E-state index is 13.1. The van der Waals surface area contributed by atoms with E-state index in [1.54, 1.807) is 12.1 Å². The molecular weight excluding hydrogens is 347 g/mol. The Bertz CT molecular complexity index is 749. The van der Waals surface area contributed by atoms with Crippen molar-refractivity contribution in [1.29, 1.82) is 0 Å². The molecule has 0 N–H and O–H groups in total. The van der Waals surface area contributed by atoms with E-state index in [4.69, 9.17) is 19.4 Å². The molecule has 2 saturated heterocycles. The standard InChI is InChI=1S/C20H23FN4O2/c21-17-4-1-16(2-5-17)3-6-18-22-19(24-7-11-26-12-8-24)15-20(23-18)25-9-13-27-14-10-25/h1-6,15H,7-14H2. The van der Waals surface area contributed by atoms with Crippen molar-refractivity contribution >= 4 is 23.8 Å². The lowest BCUT2D eigenvalue weighted by atomic mass is 10.2. The van der Waals surface area contributed by atoms with Crippen LogP contribution in [0.3, 0.4) is 0 Å². The predicted octanol–water partition coefficient (Wildman–Crippen LogP) is 2.46. The van der Waals surface area contributed by atoms with E-state index in [-0.39, 0.29) is 5.82 Å². The van der Waals surface area contributed by atoms with E-state index in [2.05, 4.69) is 9.80 Å². The van der Waals surface area contributed by atoms with Crippen LogP contribution in [0.5, 0.6) is 0 Å². The highest BCUT2D eigenvalue weighted by Gasteiger charge is 2.18. The minimum Gasteiger partial charge on any atom is -0.378 e. The van der Waals surface area contributed by atoms with Crippen molar-refractivity contribution in [1.82, 2.24) is 9.97 Å². The molecule has 3 heterocycles. The van der Waals surface area contributed by atoms with Gasteiger partial charge in [-0.1, -0.05) is 18.2 Å². The molecule has 0 radical (unpaired) electrons. The van der Waals surface area contributed by atoms with Crippen LogP contribution < -0.4 is 9.80 Å². The number of hydrogen-bond acceptors (Lipinski definition) is 6. The predicted molar refractivity (Wildman–Crippen MR) is 103 cm³/mol. The summed E-state index contributed by atoms with van der Waals surface area (Å²) < 4.78 is 24.0. The van der Waals surface area contributed by atoms with Crippen LogP contribution in [0, 0.1) is 5.82 Å². The van der Waals surface area contributed by atoms with Crippen molar-refractivity contribution in [3.05, 3.63) is 47.5 Å². The van der Waals surface area contributed by atoms with E-state index in [9.17, 15) is 4.39 Å². The minimum absolute atomic E-state index is 0.243. The van der Waals surface area contributed by atoms with E-state index in [0.717, 1.165) is 43.4 Å². The summed E-state index contributed by atoms with van der Waals surface area (Å²) in [4.78, 5) is 13.9. The van der Waals surface area contributed by atoms with Crippen LogP contribution in [-0.2, 0) is 9.47 Å². The van der Waals surface area contributed by atoms with Crippen molar-refractivity contribution in [2.45, 2.75) is 0 Å². The van der Waals surface area contributed by atoms with Crippen LogP contribution >= 0.6 is 0 Å². The first-order valence-electron chi connectivity index (χ1n) is 9.26. The second-order valence-corrected chi connectivity index (χ2v) is 6.53. The minimum atomic E-state index is -0.243. The molecule has 6 nitrogen and oxygen atoms in total. The summed E-state index contributed by atoms with van der Waals surface area (Å²) in [5, 5.41) is 0. The number of nitrogens with zero attached hydrogens (tertiary/aromatic N) is 4. The van der Waals surface area contributed by atoms with Gasteiger partial charge >= 0.3 is 0 Å². The van der Waals surface area contributed by atoms with Gasteiger partial charge in [-0.05, 0) is 23.8 Å². The lowest BCUT2D eigenvalue weighted by Crippen LogP contribution is -2.39. The first-order valence-corrected chi connectivity index (χ1v) is 9.26. The molecule has 1 aromatic carbocycles. The number of ether oxygens (including phenoxy) is 2. The van der Waals surface area contributed by atoms with Gasteiger partial charge < -0.3 is 19.3 Å². The van der Waals surface area contributed by atoms with E-state index < -0.39 is 0 Å². The zero-order valence-electron chi connectivity index (χ0n) is 15.2. The highest BCUT2D eigenvalue weighted by molar-refractivity contribution is 5.68. The van der Waals surface area contributed by atoms with E-state index in [1.165, 1.54) is 12.1 Å². The van der Waals surface area contributed by atoms with Crippen molar-refractivity contribution in [3.8, 4) is 0 Å². The molecule has 27 heavy (non-hydrogen) atoms. The molecule has 0 unspecified atom stereocenters. The van der Waals surface area contributed by atoms with E-state index in [1.807, 2.05) is 18.2 Å². The number of anilines is 2. The zero-order chi connectivity index (χ0) is 18.5. The van der Waals surface area contributed by atoms with Gasteiger partial charge in [-0.2, -0.15) is 0 Å². The van der Waals surface area contributed by atoms with Crippen LogP contribution in [0.2, 0.25) is 0 Å². The van der Waals surface area contributed by atoms with E-state index >= 15 is 0 Å². The van der Waals surface area contributed by atoms with Crippen LogP contribution in [0.1, 0.15) is 11.4 Å². The Morgan fingerprint density at radius 2 is 1.30 bits per heavy atom. The molecule has 1 aromatic heterocycles. The SMILES string of the molecule is Fc1ccc(C=Cc2nc(N3CCOCC3)cc(N3CCOCC3)n2)cc1. The molecule has 0 atom stereocenters. The number of morpholine rings is 2. The van der Waals surface area contributed by atoms with Gasteiger partial charge in [0.15, 0.2) is 5.82 Å². The highest BCUT2D eigenvalue weighted by atomic mass is 19.1. The molecule has 142 valence electrons. The van der Waals surface area contributed by atoms with Gasteiger partial charge in [0.2, 0.25) is 0 Å². The van der Waals surface area contributed by atoms with Crippen molar-refractivity contribution in [2.24, 2.45) is 0 Å². The average Bonchev–Trinajstić information content (AvgIpc) is 2.74. The third kappa shape index (κ3) is 4.61. The fraction of sp³-hybridized carbons (Fsp3) is 0.400. The first kappa shape index (κ1) is 17.9. The fourth-order valence-electron chi connectivity index (χ4n) is 3.17. The molecule has 0 bridgehead atoms. The van der Waals surface area contributed by atoms with Gasteiger partial charge in [-0.15, -0.1) is 0 Å². The topological polar surface area (TPSA) is 50.7 Å². The second kappa shape index (κ2) is 8.45. The monoisotopic (exact) mass is 370 g/mol. The van der Waals surface area contributed by atoms with Gasteiger partial charge in [0, 0.05) is 32.2 Å². The van der Waals surface area contributed by atoms with Gasteiger partial charge in [-0.25, -0.2) is 14.4 Å². The largest absolute Gasteiger partial charge is 0.378 e. The highest BCUT2D eigenvalue weighted by Crippen LogP contribution is 2.22. The van der Waals surface area contributed by atoms with Crippen LogP contribution in [0.4, 0.5) is 16.0 Å². The smallest absolute Gasteiger partial charge is 0.156 e. The Morgan fingerprint density at radius 3 is 1.81 bits per heavy atom. The Labute approximate surface area is 158 Å². The van der Waals surface area contributed by atoms with Crippen LogP contribution in [0.15, 0.2) is 30.3 Å². The third-order valence-corrected chi connectivity index (χ3v) is 4.68. The van der Waals surface area contributed by atoms with Crippen molar-refractivity contribution in [2.75, 3.05) is 62.4 Å². The molecule has 2 aromatic rings. The third-order valence-electron chi connectivity index (χ3n) is 4.68. The van der Waals surface area contributed by atoms with Gasteiger partial charge in [0.1, 0.15) is 17.5 Å². The maximum absolute atomic E-state index is 13.1. The number of hydrogen-bond donors (Lipinski definition) is 0. The zero-order valence-corrected chi connectivity index (χ0v) is 15.2. The quantitative estimate of drug-likeness (QED) is 0.824. The van der Waals surface area contributed by atoms with Crippen molar-refractivity contribution < 1.29 is 13.9 Å². The maximum Gasteiger partial charge on any atom is 0.156 e. The second-order valence-electron chi connectivity index (χ2n) is 6.53. The molecule has 4 rings (SSSR count). The molecule has 0 spiro atoms. The Balaban J connectivity index is 1.62. The van der Waals surface area contributed by atoms with Gasteiger partial charge in [-0.3, -0.25) is 0 Å². The summed E-state index contributed by atoms with van der Waals surface area (Å²) in [5.41, 5.74) is 0.907. The molecule has 0 aliphatic carbocycles.